The van der Waals surface area contributed by atoms with Gasteiger partial charge in [0.25, 0.3) is 11.6 Å². The first-order valence-electron chi connectivity index (χ1n) is 21.3. The number of aliphatic hydroxyl groups excluding tert-OH is 1. The fraction of sp³-hybridized carbons (Fsp3) is 0.383. The molecule has 63 heavy (non-hydrogen) atoms. The number of aromatic nitrogens is 1. The first-order chi connectivity index (χ1) is 30.3. The number of benzene rings is 4. The molecule has 1 amide bonds. The zero-order chi connectivity index (χ0) is 44.3. The molecule has 0 spiro atoms. The van der Waals surface area contributed by atoms with Crippen molar-refractivity contribution in [2.75, 3.05) is 69.3 Å². The quantitative estimate of drug-likeness (QED) is 0.0480. The molecule has 1 unspecified atom stereocenters. The number of ether oxygens (including phenoxy) is 2. The van der Waals surface area contributed by atoms with Gasteiger partial charge in [-0.25, -0.2) is 4.39 Å². The van der Waals surface area contributed by atoms with Crippen LogP contribution >= 0.6 is 11.6 Å². The lowest BCUT2D eigenvalue weighted by Gasteiger charge is -2.39. The molecule has 0 radical (unpaired) electrons. The van der Waals surface area contributed by atoms with Gasteiger partial charge in [-0.1, -0.05) is 43.2 Å². The molecule has 13 nitrogen and oxygen atoms in total. The van der Waals surface area contributed by atoms with Crippen LogP contribution in [0.2, 0.25) is 5.02 Å². The predicted octanol–water partition coefficient (Wildman–Crippen LogP) is 9.10. The van der Waals surface area contributed by atoms with E-state index < -0.39 is 33.4 Å². The van der Waals surface area contributed by atoms with E-state index >= 15 is 4.39 Å². The number of nitrogens with zero attached hydrogens (tertiary/aromatic N) is 3. The van der Waals surface area contributed by atoms with Crippen molar-refractivity contribution in [2.45, 2.75) is 50.8 Å². The summed E-state index contributed by atoms with van der Waals surface area (Å²) < 4.78 is 43.2. The number of nitrogens with one attached hydrogen (secondary N) is 3. The molecule has 8 rings (SSSR count). The third kappa shape index (κ3) is 10.3. The number of H-pyrrole nitrogens is 1. The SMILES string of the molecule is CC1(C)CCC(CN2CCN(c3ccc(C(=O)N[S+]([O-])c4ccc(NCC5(CO)CCOCC5)c([N+](=O)[O-])c4)c(Oc4cc5cc[nH]c5cc4F)c3)CC2)=C(c2ccc(Cl)cc2)C1. The van der Waals surface area contributed by atoms with Crippen LogP contribution in [0.15, 0.2) is 95.5 Å². The summed E-state index contributed by atoms with van der Waals surface area (Å²) >= 11 is 4.01. The second-order valence-corrected chi connectivity index (χ2v) is 19.2. The van der Waals surface area contributed by atoms with E-state index in [9.17, 15) is 24.6 Å². The highest BCUT2D eigenvalue weighted by molar-refractivity contribution is 7.90. The monoisotopic (exact) mass is 898 g/mol. The molecule has 3 heterocycles. The van der Waals surface area contributed by atoms with Gasteiger partial charge in [0, 0.05) is 97.8 Å². The number of hydrogen-bond acceptors (Lipinski definition) is 10. The number of rotatable bonds is 14. The van der Waals surface area contributed by atoms with Crippen molar-refractivity contribution in [1.29, 1.82) is 0 Å². The lowest BCUT2D eigenvalue weighted by molar-refractivity contribution is -0.384. The molecule has 1 atom stereocenters. The number of halogens is 2. The second kappa shape index (κ2) is 18.9. The van der Waals surface area contributed by atoms with Crippen LogP contribution in [-0.4, -0.2) is 89.5 Å². The number of nitro benzene ring substituents is 1. The minimum absolute atomic E-state index is 0.000241. The average Bonchev–Trinajstić information content (AvgIpc) is 3.74. The zero-order valence-electron chi connectivity index (χ0n) is 35.4. The summed E-state index contributed by atoms with van der Waals surface area (Å²) in [6.45, 7) is 9.67. The number of carbonyl (C=O) groups excluding carboxylic acids is 1. The topological polar surface area (TPSA) is 168 Å². The van der Waals surface area contributed by atoms with Gasteiger partial charge in [-0.15, -0.1) is 0 Å². The molecule has 1 aliphatic carbocycles. The Morgan fingerprint density at radius 1 is 1.00 bits per heavy atom. The van der Waals surface area contributed by atoms with E-state index in [4.69, 9.17) is 21.1 Å². The van der Waals surface area contributed by atoms with Crippen LogP contribution in [0.25, 0.3) is 16.5 Å². The zero-order valence-corrected chi connectivity index (χ0v) is 37.0. The van der Waals surface area contributed by atoms with Gasteiger partial charge in [0.05, 0.1) is 23.2 Å². The third-order valence-electron chi connectivity index (χ3n) is 12.7. The van der Waals surface area contributed by atoms with Crippen molar-refractivity contribution < 1.29 is 33.2 Å². The predicted molar refractivity (Wildman–Crippen MR) is 244 cm³/mol. The Morgan fingerprint density at radius 3 is 2.49 bits per heavy atom. The van der Waals surface area contributed by atoms with E-state index in [0.717, 1.165) is 55.7 Å². The normalized spacial score (nSPS) is 18.3. The Kier molecular flexibility index (Phi) is 13.3. The third-order valence-corrected chi connectivity index (χ3v) is 14.0. The molecule has 16 heteroatoms. The van der Waals surface area contributed by atoms with Crippen molar-refractivity contribution in [3.63, 3.8) is 0 Å². The molecule has 3 aliphatic rings. The Hall–Kier alpha value is -5.16. The molecule has 0 saturated carbocycles. The van der Waals surface area contributed by atoms with E-state index in [0.29, 0.717) is 50.0 Å². The smallest absolute Gasteiger partial charge is 0.297 e. The lowest BCUT2D eigenvalue weighted by Crippen LogP contribution is -2.47. The number of fused-ring (bicyclic) bond motifs is 1. The minimum atomic E-state index is -2.22. The number of carbonyl (C=O) groups is 1. The summed E-state index contributed by atoms with van der Waals surface area (Å²) in [6.07, 6.45) is 6.05. The van der Waals surface area contributed by atoms with Gasteiger partial charge < -0.3 is 34.3 Å². The van der Waals surface area contributed by atoms with Gasteiger partial charge >= 0.3 is 0 Å². The van der Waals surface area contributed by atoms with Crippen molar-refractivity contribution >= 4 is 62.4 Å². The minimum Gasteiger partial charge on any atom is -0.588 e. The lowest BCUT2D eigenvalue weighted by atomic mass is 9.72. The summed E-state index contributed by atoms with van der Waals surface area (Å²) in [5, 5.41) is 26.8. The molecule has 0 bridgehead atoms. The highest BCUT2D eigenvalue weighted by atomic mass is 35.5. The first kappa shape index (κ1) is 44.4. The van der Waals surface area contributed by atoms with Crippen molar-refractivity contribution in [3.05, 3.63) is 123 Å². The second-order valence-electron chi connectivity index (χ2n) is 17.6. The summed E-state index contributed by atoms with van der Waals surface area (Å²) in [6, 6.07) is 21.9. The van der Waals surface area contributed by atoms with Crippen LogP contribution in [0.1, 0.15) is 61.9 Å². The number of aliphatic hydroxyl groups is 1. The van der Waals surface area contributed by atoms with E-state index in [2.05, 4.69) is 50.8 Å². The van der Waals surface area contributed by atoms with Crippen LogP contribution in [0.4, 0.5) is 21.5 Å². The fourth-order valence-corrected chi connectivity index (χ4v) is 9.66. The summed E-state index contributed by atoms with van der Waals surface area (Å²) in [5.41, 5.74) is 5.02. The molecular formula is C47H52ClFN6O7S. The molecular weight excluding hydrogens is 847 g/mol. The van der Waals surface area contributed by atoms with Crippen molar-refractivity contribution in [1.82, 2.24) is 14.6 Å². The molecule has 1 aromatic heterocycles. The number of piperazine rings is 1. The van der Waals surface area contributed by atoms with Gasteiger partial charge in [-0.05, 0) is 97.2 Å². The average molecular weight is 899 g/mol. The molecule has 332 valence electrons. The van der Waals surface area contributed by atoms with Crippen molar-refractivity contribution in [2.24, 2.45) is 10.8 Å². The summed E-state index contributed by atoms with van der Waals surface area (Å²) in [4.78, 5) is 33.2. The summed E-state index contributed by atoms with van der Waals surface area (Å²) in [5.74, 6) is -1.46. The fourth-order valence-electron chi connectivity index (χ4n) is 8.73. The van der Waals surface area contributed by atoms with E-state index in [1.807, 2.05) is 12.1 Å². The maximum atomic E-state index is 15.5. The first-order valence-corrected chi connectivity index (χ1v) is 22.8. The van der Waals surface area contributed by atoms with Gasteiger partial charge in [0.1, 0.15) is 22.8 Å². The van der Waals surface area contributed by atoms with Crippen LogP contribution in [-0.2, 0) is 16.1 Å². The summed E-state index contributed by atoms with van der Waals surface area (Å²) in [7, 11) is 0. The molecule has 2 aliphatic heterocycles. The largest absolute Gasteiger partial charge is 0.588 e. The maximum Gasteiger partial charge on any atom is 0.297 e. The highest BCUT2D eigenvalue weighted by Gasteiger charge is 2.34. The Labute approximate surface area is 374 Å². The molecule has 4 aromatic carbocycles. The van der Waals surface area contributed by atoms with E-state index in [1.165, 1.54) is 34.9 Å². The Morgan fingerprint density at radius 2 is 1.76 bits per heavy atom. The Balaban J connectivity index is 1.000. The highest BCUT2D eigenvalue weighted by Crippen LogP contribution is 2.44. The molecule has 4 N–H and O–H groups in total. The number of allylic oxidation sites excluding steroid dienone is 1. The van der Waals surface area contributed by atoms with Gasteiger partial charge in [-0.2, -0.15) is 4.72 Å². The van der Waals surface area contributed by atoms with Crippen molar-refractivity contribution in [3.8, 4) is 11.5 Å². The van der Waals surface area contributed by atoms with Gasteiger partial charge in [0.15, 0.2) is 16.5 Å². The van der Waals surface area contributed by atoms with Gasteiger partial charge in [0.2, 0.25) is 0 Å². The van der Waals surface area contributed by atoms with E-state index in [1.54, 1.807) is 36.5 Å². The number of hydrogen-bond donors (Lipinski definition) is 4. The van der Waals surface area contributed by atoms with Crippen LogP contribution in [0.3, 0.4) is 0 Å². The number of aromatic amines is 1. The van der Waals surface area contributed by atoms with Crippen LogP contribution < -0.4 is 19.7 Å². The maximum absolute atomic E-state index is 15.5. The van der Waals surface area contributed by atoms with E-state index in [-0.39, 0.29) is 51.9 Å². The Bertz CT molecular complexity index is 2500. The number of anilines is 2. The standard InChI is InChI=1S/C47H52ClFN6O7S/c1-46(2)13-11-33(38(27-46)31-3-5-34(48)6-4-31)28-53-17-19-54(20-18-53)35-7-9-37(43(24-35)62-44-23-32-12-16-50-41(32)26-39(44)49)45(57)52-63(60)36-8-10-40(42(25-36)55(58)59)51-29-47(30-56)14-21-61-22-15-47/h3-10,12,16,23-26,50-51,56H,11,13-15,17-22,27-30H2,1-2H3,(H,52,57). The van der Waals surface area contributed by atoms with Gasteiger partial charge in [-0.3, -0.25) is 19.8 Å². The molecule has 5 aromatic rings. The molecule has 2 saturated heterocycles. The number of amides is 1. The van der Waals surface area contributed by atoms with Crippen LogP contribution in [0, 0.1) is 26.8 Å². The van der Waals surface area contributed by atoms with Crippen LogP contribution in [0.5, 0.6) is 11.5 Å². The molecule has 2 fully saturated rings. The number of nitro groups is 1.